The highest BCUT2D eigenvalue weighted by molar-refractivity contribution is 8.00. The molecular weight excluding hydrogens is 298 g/mol. The molecule has 0 bridgehead atoms. The van der Waals surface area contributed by atoms with Gasteiger partial charge in [0.25, 0.3) is 0 Å². The van der Waals surface area contributed by atoms with Crippen LogP contribution in [0, 0.1) is 11.8 Å². The van der Waals surface area contributed by atoms with E-state index in [-0.39, 0.29) is 0 Å². The summed E-state index contributed by atoms with van der Waals surface area (Å²) in [4.78, 5) is 1.52. The first-order valence-corrected chi connectivity index (χ1v) is 9.75. The van der Waals surface area contributed by atoms with Gasteiger partial charge in [-0.3, -0.25) is 0 Å². The fraction of sp³-hybridized carbons (Fsp3) is 0.429. The zero-order valence-electron chi connectivity index (χ0n) is 13.8. The Morgan fingerprint density at radius 3 is 2.52 bits per heavy atom. The van der Waals surface area contributed by atoms with Crippen LogP contribution in [0.2, 0.25) is 0 Å². The van der Waals surface area contributed by atoms with Gasteiger partial charge in [0, 0.05) is 34.2 Å². The third-order valence-electron chi connectivity index (χ3n) is 6.45. The Labute approximate surface area is 142 Å². The first-order chi connectivity index (χ1) is 11.3. The molecule has 3 aliphatic rings. The molecule has 1 N–H and O–H groups in total. The predicted molar refractivity (Wildman–Crippen MR) is 98.5 cm³/mol. The molecule has 2 aromatic rings. The van der Waals surface area contributed by atoms with Crippen molar-refractivity contribution in [3.63, 3.8) is 0 Å². The molecule has 2 heteroatoms. The molecule has 2 aromatic carbocycles. The topological polar surface area (TPSA) is 12.0 Å². The molecule has 5 rings (SSSR count). The third kappa shape index (κ3) is 1.88. The first-order valence-electron chi connectivity index (χ1n) is 8.87. The summed E-state index contributed by atoms with van der Waals surface area (Å²) in [6, 6.07) is 16.1. The highest BCUT2D eigenvalue weighted by Gasteiger charge is 2.52. The highest BCUT2D eigenvalue weighted by atomic mass is 32.2. The Kier molecular flexibility index (Phi) is 3.06. The molecular formula is C21H23NS. The number of thioether (sulfide) groups is 1. The summed E-state index contributed by atoms with van der Waals surface area (Å²) in [6.45, 7) is 6.05. The predicted octanol–water partition coefficient (Wildman–Crippen LogP) is 5.28. The van der Waals surface area contributed by atoms with Crippen molar-refractivity contribution in [3.05, 3.63) is 59.2 Å². The molecule has 0 spiro atoms. The van der Waals surface area contributed by atoms with Gasteiger partial charge in [0.05, 0.1) is 0 Å². The van der Waals surface area contributed by atoms with Crippen LogP contribution >= 0.6 is 11.8 Å². The summed E-state index contributed by atoms with van der Waals surface area (Å²) in [5, 5.41) is 4.37. The summed E-state index contributed by atoms with van der Waals surface area (Å²) in [5.41, 5.74) is 6.15. The van der Waals surface area contributed by atoms with Gasteiger partial charge in [-0.15, -0.1) is 11.8 Å². The Morgan fingerprint density at radius 2 is 1.65 bits per heavy atom. The lowest BCUT2D eigenvalue weighted by Gasteiger charge is -2.25. The van der Waals surface area contributed by atoms with Crippen LogP contribution in [0.25, 0.3) is 0 Å². The van der Waals surface area contributed by atoms with Gasteiger partial charge in [-0.05, 0) is 41.0 Å². The second-order valence-electron chi connectivity index (χ2n) is 7.45. The number of para-hydroxylation sites is 1. The van der Waals surface area contributed by atoms with Gasteiger partial charge in [0.2, 0.25) is 0 Å². The molecule has 118 valence electrons. The quantitative estimate of drug-likeness (QED) is 0.766. The number of hydrogen-bond donors (Lipinski definition) is 1. The molecule has 0 amide bonds. The van der Waals surface area contributed by atoms with E-state index in [0.29, 0.717) is 17.1 Å². The lowest BCUT2D eigenvalue weighted by atomic mass is 9.84. The van der Waals surface area contributed by atoms with Crippen LogP contribution < -0.4 is 5.32 Å². The normalized spacial score (nSPS) is 33.9. The third-order valence-corrected chi connectivity index (χ3v) is 7.93. The molecule has 0 saturated heterocycles. The second kappa shape index (κ2) is 5.04. The van der Waals surface area contributed by atoms with Crippen molar-refractivity contribution in [2.45, 2.75) is 42.2 Å². The average Bonchev–Trinajstić information content (AvgIpc) is 3.23. The van der Waals surface area contributed by atoms with E-state index in [4.69, 9.17) is 0 Å². The van der Waals surface area contributed by atoms with Gasteiger partial charge < -0.3 is 5.32 Å². The fourth-order valence-corrected chi connectivity index (χ4v) is 7.07. The van der Waals surface area contributed by atoms with Crippen LogP contribution in [0.4, 0.5) is 5.69 Å². The fourth-order valence-electron chi connectivity index (χ4n) is 5.20. The number of benzene rings is 2. The Balaban J connectivity index is 1.62. The monoisotopic (exact) mass is 321 g/mol. The second-order valence-corrected chi connectivity index (χ2v) is 8.67. The summed E-state index contributed by atoms with van der Waals surface area (Å²) >= 11 is 2.13. The van der Waals surface area contributed by atoms with E-state index in [0.717, 1.165) is 18.4 Å². The lowest BCUT2D eigenvalue weighted by Crippen LogP contribution is -2.15. The van der Waals surface area contributed by atoms with Crippen molar-refractivity contribution in [2.75, 3.05) is 11.9 Å². The van der Waals surface area contributed by atoms with Gasteiger partial charge in [-0.25, -0.2) is 0 Å². The number of fused-ring (bicyclic) bond motifs is 4. The molecule has 1 fully saturated rings. The number of anilines is 1. The molecule has 0 radical (unpaired) electrons. The summed E-state index contributed by atoms with van der Waals surface area (Å²) in [6.07, 6.45) is 1.18. The molecule has 0 aromatic heterocycles. The summed E-state index contributed by atoms with van der Waals surface area (Å²) < 4.78 is 0. The number of nitrogens with one attached hydrogen (secondary N) is 1. The molecule has 1 saturated carbocycles. The van der Waals surface area contributed by atoms with Crippen molar-refractivity contribution >= 4 is 17.4 Å². The summed E-state index contributed by atoms with van der Waals surface area (Å²) in [5.74, 6) is 2.86. The minimum absolute atomic E-state index is 0.660. The smallest absolute Gasteiger partial charge is 0.0409 e. The van der Waals surface area contributed by atoms with Crippen LogP contribution in [0.3, 0.4) is 0 Å². The molecule has 1 nitrogen and oxygen atoms in total. The standard InChI is InChI=1S/C21H23NS/c1-12-13(2)19(16-8-5-6-14-10-11-22-20(14)16)21-18(12)15-7-3-4-9-17(15)23-21/h3-9,12-13,18-19,21-22H,10-11H2,1-2H3. The Hall–Kier alpha value is -1.41. The average molecular weight is 321 g/mol. The maximum Gasteiger partial charge on any atom is 0.0409 e. The van der Waals surface area contributed by atoms with Crippen molar-refractivity contribution in [1.82, 2.24) is 0 Å². The van der Waals surface area contributed by atoms with Crippen molar-refractivity contribution < 1.29 is 0 Å². The number of rotatable bonds is 1. The molecule has 2 aliphatic heterocycles. The SMILES string of the molecule is CC1C(C)C(c2cccc3c2NCC3)C2Sc3ccccc3C12. The van der Waals surface area contributed by atoms with E-state index in [2.05, 4.69) is 73.4 Å². The van der Waals surface area contributed by atoms with Crippen LogP contribution in [-0.2, 0) is 6.42 Å². The lowest BCUT2D eigenvalue weighted by molar-refractivity contribution is 0.401. The minimum Gasteiger partial charge on any atom is -0.384 e. The Morgan fingerprint density at radius 1 is 0.913 bits per heavy atom. The summed E-state index contributed by atoms with van der Waals surface area (Å²) in [7, 11) is 0. The maximum absolute atomic E-state index is 3.67. The van der Waals surface area contributed by atoms with Crippen molar-refractivity contribution in [3.8, 4) is 0 Å². The molecule has 2 heterocycles. The van der Waals surface area contributed by atoms with Gasteiger partial charge in [0.1, 0.15) is 0 Å². The van der Waals surface area contributed by atoms with Gasteiger partial charge in [-0.2, -0.15) is 0 Å². The minimum atomic E-state index is 0.660. The number of hydrogen-bond acceptors (Lipinski definition) is 2. The van der Waals surface area contributed by atoms with E-state index in [1.54, 1.807) is 11.1 Å². The molecule has 5 atom stereocenters. The molecule has 5 unspecified atom stereocenters. The van der Waals surface area contributed by atoms with E-state index in [1.807, 2.05) is 0 Å². The van der Waals surface area contributed by atoms with Crippen LogP contribution in [0.15, 0.2) is 47.4 Å². The van der Waals surface area contributed by atoms with Gasteiger partial charge in [-0.1, -0.05) is 50.2 Å². The van der Waals surface area contributed by atoms with Crippen LogP contribution in [0.5, 0.6) is 0 Å². The molecule has 1 aliphatic carbocycles. The molecule has 23 heavy (non-hydrogen) atoms. The first kappa shape index (κ1) is 14.0. The Bertz CT molecular complexity index is 768. The van der Waals surface area contributed by atoms with E-state index < -0.39 is 0 Å². The van der Waals surface area contributed by atoms with Crippen molar-refractivity contribution in [2.24, 2.45) is 11.8 Å². The van der Waals surface area contributed by atoms with Crippen molar-refractivity contribution in [1.29, 1.82) is 0 Å². The van der Waals surface area contributed by atoms with E-state index in [9.17, 15) is 0 Å². The van der Waals surface area contributed by atoms with E-state index in [1.165, 1.54) is 22.6 Å². The zero-order valence-corrected chi connectivity index (χ0v) is 14.6. The zero-order chi connectivity index (χ0) is 15.6. The van der Waals surface area contributed by atoms with Gasteiger partial charge in [0.15, 0.2) is 0 Å². The van der Waals surface area contributed by atoms with E-state index >= 15 is 0 Å². The van der Waals surface area contributed by atoms with Crippen LogP contribution in [-0.4, -0.2) is 11.8 Å². The van der Waals surface area contributed by atoms with Crippen LogP contribution in [0.1, 0.15) is 42.4 Å². The maximum atomic E-state index is 3.67. The van der Waals surface area contributed by atoms with Gasteiger partial charge >= 0.3 is 0 Å². The largest absolute Gasteiger partial charge is 0.384 e. The highest BCUT2D eigenvalue weighted by Crippen LogP contribution is 2.63.